The van der Waals surface area contributed by atoms with E-state index in [1.54, 1.807) is 24.3 Å². The Morgan fingerprint density at radius 1 is 1.25 bits per heavy atom. The molecule has 0 saturated carbocycles. The van der Waals surface area contributed by atoms with Gasteiger partial charge in [-0.25, -0.2) is 0 Å². The molecule has 3 rings (SSSR count). The van der Waals surface area contributed by atoms with Gasteiger partial charge in [-0.15, -0.1) is 0 Å². The summed E-state index contributed by atoms with van der Waals surface area (Å²) in [5.41, 5.74) is 2.29. The predicted molar refractivity (Wildman–Crippen MR) is 97.7 cm³/mol. The number of aryl methyl sites for hydroxylation is 2. The first-order chi connectivity index (χ1) is 11.6. The van der Waals surface area contributed by atoms with Crippen LogP contribution in [0.3, 0.4) is 0 Å². The van der Waals surface area contributed by atoms with Crippen LogP contribution in [0.1, 0.15) is 12.5 Å². The topological polar surface area (TPSA) is 43.6 Å². The molecule has 1 heterocycles. The first-order valence-electron chi connectivity index (χ1n) is 7.62. The number of carbonyl (C=O) groups excluding carboxylic acids is 1. The van der Waals surface area contributed by atoms with Gasteiger partial charge < -0.3 is 9.30 Å². The van der Waals surface area contributed by atoms with Crippen molar-refractivity contribution in [1.29, 1.82) is 0 Å². The minimum atomic E-state index is -0.310. The fourth-order valence-corrected chi connectivity index (χ4v) is 3.72. The van der Waals surface area contributed by atoms with Crippen molar-refractivity contribution in [2.75, 3.05) is 6.61 Å². The molecule has 1 amide bonds. The lowest BCUT2D eigenvalue weighted by molar-refractivity contribution is -0.120. The summed E-state index contributed by atoms with van der Waals surface area (Å²) in [6, 6.07) is 13.1. The van der Waals surface area contributed by atoms with Gasteiger partial charge in [0.2, 0.25) is 0 Å². The number of nitrogens with zero attached hydrogens (tertiary/aromatic N) is 2. The van der Waals surface area contributed by atoms with Gasteiger partial charge in [-0.1, -0.05) is 29.0 Å². The van der Waals surface area contributed by atoms with Crippen LogP contribution in [0.4, 0.5) is 0 Å². The zero-order valence-electron chi connectivity index (χ0n) is 13.5. The van der Waals surface area contributed by atoms with E-state index in [1.807, 2.05) is 11.5 Å². The van der Waals surface area contributed by atoms with Crippen molar-refractivity contribution in [2.45, 2.75) is 20.4 Å². The van der Waals surface area contributed by atoms with Crippen molar-refractivity contribution in [1.82, 2.24) is 4.57 Å². The molecule has 24 heavy (non-hydrogen) atoms. The minimum Gasteiger partial charge on any atom is -0.484 e. The number of benzene rings is 2. The summed E-state index contributed by atoms with van der Waals surface area (Å²) in [4.78, 5) is 17.1. The summed E-state index contributed by atoms with van der Waals surface area (Å²) in [5, 5.41) is 0.628. The maximum Gasteiger partial charge on any atom is 0.286 e. The highest BCUT2D eigenvalue weighted by molar-refractivity contribution is 7.16. The largest absolute Gasteiger partial charge is 0.484 e. The normalized spacial score (nSPS) is 11.9. The third-order valence-electron chi connectivity index (χ3n) is 3.55. The second-order valence-corrected chi connectivity index (χ2v) is 6.79. The van der Waals surface area contributed by atoms with Crippen LogP contribution in [0.5, 0.6) is 5.75 Å². The van der Waals surface area contributed by atoms with Crippen LogP contribution in [-0.4, -0.2) is 17.1 Å². The van der Waals surface area contributed by atoms with Crippen LogP contribution >= 0.6 is 22.9 Å². The number of fused-ring (bicyclic) bond motifs is 1. The molecule has 0 aliphatic heterocycles. The number of hydrogen-bond acceptors (Lipinski definition) is 3. The van der Waals surface area contributed by atoms with E-state index in [0.717, 1.165) is 16.8 Å². The molecule has 0 fully saturated rings. The average molecular weight is 361 g/mol. The van der Waals surface area contributed by atoms with Crippen LogP contribution < -0.4 is 9.54 Å². The Labute approximate surface area is 149 Å². The molecule has 0 spiro atoms. The summed E-state index contributed by atoms with van der Waals surface area (Å²) in [6.45, 7) is 4.75. The van der Waals surface area contributed by atoms with Crippen molar-refractivity contribution < 1.29 is 9.53 Å². The second-order valence-electron chi connectivity index (χ2n) is 5.35. The van der Waals surface area contributed by atoms with Gasteiger partial charge in [-0.3, -0.25) is 4.79 Å². The number of thiazole rings is 1. The van der Waals surface area contributed by atoms with Crippen molar-refractivity contribution in [2.24, 2.45) is 4.99 Å². The molecule has 0 aliphatic carbocycles. The number of rotatable bonds is 4. The standard InChI is InChI=1S/C18H17ClN2O2S/c1-3-21-15-9-4-12(2)10-16(15)24-18(21)20-17(22)11-23-14-7-5-13(19)6-8-14/h4-10H,3,11H2,1-2H3. The number of carbonyl (C=O) groups is 1. The molecule has 4 nitrogen and oxygen atoms in total. The molecule has 0 aliphatic rings. The van der Waals surface area contributed by atoms with Crippen molar-refractivity contribution >= 4 is 39.1 Å². The molecule has 0 saturated heterocycles. The first kappa shape index (κ1) is 16.7. The van der Waals surface area contributed by atoms with Crippen molar-refractivity contribution in [3.05, 3.63) is 57.9 Å². The van der Waals surface area contributed by atoms with E-state index < -0.39 is 0 Å². The van der Waals surface area contributed by atoms with Crippen LogP contribution in [0.25, 0.3) is 10.2 Å². The summed E-state index contributed by atoms with van der Waals surface area (Å²) in [5.74, 6) is 0.286. The Kier molecular flexibility index (Phi) is 5.02. The third kappa shape index (κ3) is 3.68. The number of amides is 1. The first-order valence-corrected chi connectivity index (χ1v) is 8.82. The summed E-state index contributed by atoms with van der Waals surface area (Å²) >= 11 is 7.34. The Bertz CT molecular complexity index is 942. The molecule has 124 valence electrons. The van der Waals surface area contributed by atoms with Crippen molar-refractivity contribution in [3.8, 4) is 5.75 Å². The fraction of sp³-hybridized carbons (Fsp3) is 0.222. The lowest BCUT2D eigenvalue weighted by Crippen LogP contribution is -2.18. The Morgan fingerprint density at radius 3 is 2.71 bits per heavy atom. The number of hydrogen-bond donors (Lipinski definition) is 0. The van der Waals surface area contributed by atoms with Gasteiger partial charge >= 0.3 is 0 Å². The van der Waals surface area contributed by atoms with E-state index in [1.165, 1.54) is 16.9 Å². The van der Waals surface area contributed by atoms with Gasteiger partial charge in [0, 0.05) is 11.6 Å². The molecule has 0 bridgehead atoms. The molecule has 2 aromatic carbocycles. The van der Waals surface area contributed by atoms with Gasteiger partial charge in [0.25, 0.3) is 5.91 Å². The highest BCUT2D eigenvalue weighted by Crippen LogP contribution is 2.19. The molecule has 1 aromatic heterocycles. The molecule has 0 radical (unpaired) electrons. The lowest BCUT2D eigenvalue weighted by Gasteiger charge is -2.03. The lowest BCUT2D eigenvalue weighted by atomic mass is 10.2. The molecule has 6 heteroatoms. The molecule has 0 atom stereocenters. The Balaban J connectivity index is 1.83. The SMILES string of the molecule is CCn1c(=NC(=O)COc2ccc(Cl)cc2)sc2cc(C)ccc21. The molecular formula is C18H17ClN2O2S. The van der Waals surface area contributed by atoms with E-state index in [4.69, 9.17) is 16.3 Å². The molecular weight excluding hydrogens is 344 g/mol. The second kappa shape index (κ2) is 7.20. The van der Waals surface area contributed by atoms with Crippen molar-refractivity contribution in [3.63, 3.8) is 0 Å². The molecule has 0 N–H and O–H groups in total. The van der Waals surface area contributed by atoms with Crippen LogP contribution in [0, 0.1) is 6.92 Å². The minimum absolute atomic E-state index is 0.0986. The Morgan fingerprint density at radius 2 is 2.00 bits per heavy atom. The van der Waals surface area contributed by atoms with Gasteiger partial charge in [0.05, 0.1) is 10.2 Å². The van der Waals surface area contributed by atoms with Crippen LogP contribution in [0.2, 0.25) is 5.02 Å². The third-order valence-corrected chi connectivity index (χ3v) is 4.84. The predicted octanol–water partition coefficient (Wildman–Crippen LogP) is 4.19. The van der Waals surface area contributed by atoms with Gasteiger partial charge in [0.1, 0.15) is 5.75 Å². The number of aromatic nitrogens is 1. The maximum atomic E-state index is 12.1. The van der Waals surface area contributed by atoms with Crippen LogP contribution in [-0.2, 0) is 11.3 Å². The van der Waals surface area contributed by atoms with E-state index in [-0.39, 0.29) is 12.5 Å². The highest BCUT2D eigenvalue weighted by Gasteiger charge is 2.07. The monoisotopic (exact) mass is 360 g/mol. The van der Waals surface area contributed by atoms with E-state index in [0.29, 0.717) is 15.6 Å². The van der Waals surface area contributed by atoms with Crippen LogP contribution in [0.15, 0.2) is 47.5 Å². The number of ether oxygens (including phenoxy) is 1. The fourth-order valence-electron chi connectivity index (χ4n) is 2.39. The Hall–Kier alpha value is -2.11. The summed E-state index contributed by atoms with van der Waals surface area (Å²) < 4.78 is 8.62. The molecule has 3 aromatic rings. The average Bonchev–Trinajstić information content (AvgIpc) is 2.90. The number of halogens is 1. The summed E-state index contributed by atoms with van der Waals surface area (Å²) in [6.07, 6.45) is 0. The summed E-state index contributed by atoms with van der Waals surface area (Å²) in [7, 11) is 0. The smallest absolute Gasteiger partial charge is 0.286 e. The highest BCUT2D eigenvalue weighted by atomic mass is 35.5. The zero-order chi connectivity index (χ0) is 17.1. The van der Waals surface area contributed by atoms with Gasteiger partial charge in [0.15, 0.2) is 11.4 Å². The van der Waals surface area contributed by atoms with Gasteiger partial charge in [-0.2, -0.15) is 4.99 Å². The van der Waals surface area contributed by atoms with E-state index >= 15 is 0 Å². The maximum absolute atomic E-state index is 12.1. The van der Waals surface area contributed by atoms with E-state index in [9.17, 15) is 4.79 Å². The quantitative estimate of drug-likeness (QED) is 0.700. The van der Waals surface area contributed by atoms with Gasteiger partial charge in [-0.05, 0) is 55.8 Å². The zero-order valence-corrected chi connectivity index (χ0v) is 15.0. The van der Waals surface area contributed by atoms with E-state index in [2.05, 4.69) is 30.1 Å². The molecule has 0 unspecified atom stereocenters.